The lowest BCUT2D eigenvalue weighted by Crippen LogP contribution is -1.95. The van der Waals surface area contributed by atoms with E-state index in [4.69, 9.17) is 23.2 Å². The maximum Gasteiger partial charge on any atom is 0.0791 e. The van der Waals surface area contributed by atoms with Gasteiger partial charge in [-0.25, -0.2) is 0 Å². The smallest absolute Gasteiger partial charge is 0.0791 e. The predicted octanol–water partition coefficient (Wildman–Crippen LogP) is 3.36. The second-order valence-corrected chi connectivity index (χ2v) is 3.55. The first kappa shape index (κ1) is 9.85. The predicted molar refractivity (Wildman–Crippen MR) is 51.8 cm³/mol. The van der Waals surface area contributed by atoms with Gasteiger partial charge in [0, 0.05) is 10.6 Å². The van der Waals surface area contributed by atoms with E-state index in [1.807, 2.05) is 13.0 Å². The van der Waals surface area contributed by atoms with Gasteiger partial charge in [-0.3, -0.25) is 0 Å². The van der Waals surface area contributed by atoms with Crippen molar-refractivity contribution in [3.8, 4) is 0 Å². The van der Waals surface area contributed by atoms with Gasteiger partial charge in [-0.15, -0.1) is 0 Å². The van der Waals surface area contributed by atoms with Crippen LogP contribution in [0.3, 0.4) is 0 Å². The summed E-state index contributed by atoms with van der Waals surface area (Å²) < 4.78 is 0. The summed E-state index contributed by atoms with van der Waals surface area (Å²) in [4.78, 5) is 0. The Labute approximate surface area is 81.9 Å². The molecule has 0 aliphatic heterocycles. The van der Waals surface area contributed by atoms with Crippen LogP contribution >= 0.6 is 23.2 Å². The molecule has 1 unspecified atom stereocenters. The summed E-state index contributed by atoms with van der Waals surface area (Å²) in [5.74, 6) is 0. The fourth-order valence-corrected chi connectivity index (χ4v) is 1.75. The van der Waals surface area contributed by atoms with Gasteiger partial charge in [0.2, 0.25) is 0 Å². The zero-order valence-corrected chi connectivity index (χ0v) is 8.45. The van der Waals surface area contributed by atoms with Crippen molar-refractivity contribution in [1.29, 1.82) is 0 Å². The van der Waals surface area contributed by atoms with Gasteiger partial charge in [-0.05, 0) is 25.5 Å². The third-order valence-electron chi connectivity index (χ3n) is 1.74. The van der Waals surface area contributed by atoms with Crippen molar-refractivity contribution in [2.75, 3.05) is 0 Å². The molecule has 1 nitrogen and oxygen atoms in total. The van der Waals surface area contributed by atoms with Crippen LogP contribution in [0.1, 0.15) is 24.2 Å². The van der Waals surface area contributed by atoms with Crippen molar-refractivity contribution in [3.63, 3.8) is 0 Å². The van der Waals surface area contributed by atoms with E-state index in [1.54, 1.807) is 13.0 Å². The molecule has 1 N–H and O–H groups in total. The minimum absolute atomic E-state index is 0.514. The molecule has 1 rings (SSSR count). The molecule has 0 heterocycles. The zero-order chi connectivity index (χ0) is 9.30. The van der Waals surface area contributed by atoms with Crippen molar-refractivity contribution in [1.82, 2.24) is 0 Å². The first-order valence-electron chi connectivity index (χ1n) is 3.66. The van der Waals surface area contributed by atoms with Crippen LogP contribution in [0.5, 0.6) is 0 Å². The quantitative estimate of drug-likeness (QED) is 0.745. The summed E-state index contributed by atoms with van der Waals surface area (Å²) in [5.41, 5.74) is 1.54. The number of hydrogen-bond donors (Lipinski definition) is 1. The number of benzene rings is 1. The van der Waals surface area contributed by atoms with Crippen LogP contribution in [0.4, 0.5) is 0 Å². The minimum atomic E-state index is -0.620. The van der Waals surface area contributed by atoms with Crippen molar-refractivity contribution >= 4 is 23.2 Å². The molecule has 0 aliphatic rings. The number of rotatable bonds is 1. The molecule has 0 bridgehead atoms. The number of halogens is 2. The number of hydrogen-bond acceptors (Lipinski definition) is 1. The lowest BCUT2D eigenvalue weighted by molar-refractivity contribution is 0.199. The number of aliphatic hydroxyl groups is 1. The van der Waals surface area contributed by atoms with E-state index in [0.717, 1.165) is 5.56 Å². The molecule has 0 fully saturated rings. The van der Waals surface area contributed by atoms with E-state index in [0.29, 0.717) is 15.6 Å². The molecule has 1 atom stereocenters. The first-order valence-corrected chi connectivity index (χ1v) is 4.42. The number of aryl methyl sites for hydroxylation is 1. The van der Waals surface area contributed by atoms with E-state index in [9.17, 15) is 5.11 Å². The average Bonchev–Trinajstić information content (AvgIpc) is 1.97. The summed E-state index contributed by atoms with van der Waals surface area (Å²) in [6.07, 6.45) is -0.620. The highest BCUT2D eigenvalue weighted by molar-refractivity contribution is 6.36. The van der Waals surface area contributed by atoms with Gasteiger partial charge < -0.3 is 5.11 Å². The van der Waals surface area contributed by atoms with Gasteiger partial charge in [-0.2, -0.15) is 0 Å². The van der Waals surface area contributed by atoms with Crippen molar-refractivity contribution in [2.24, 2.45) is 0 Å². The van der Waals surface area contributed by atoms with Gasteiger partial charge in [-0.1, -0.05) is 29.3 Å². The van der Waals surface area contributed by atoms with E-state index < -0.39 is 6.10 Å². The monoisotopic (exact) mass is 204 g/mol. The lowest BCUT2D eigenvalue weighted by atomic mass is 10.1. The second kappa shape index (κ2) is 3.65. The molecule has 1 aromatic rings. The molecule has 12 heavy (non-hydrogen) atoms. The Kier molecular flexibility index (Phi) is 2.99. The van der Waals surface area contributed by atoms with Crippen molar-refractivity contribution in [3.05, 3.63) is 33.3 Å². The molecule has 0 saturated heterocycles. The van der Waals surface area contributed by atoms with E-state index in [1.165, 1.54) is 0 Å². The average molecular weight is 205 g/mol. The summed E-state index contributed by atoms with van der Waals surface area (Å²) in [7, 11) is 0. The molecular formula is C9H10Cl2O. The largest absolute Gasteiger partial charge is 0.389 e. The van der Waals surface area contributed by atoms with Crippen LogP contribution < -0.4 is 0 Å². The summed E-state index contributed by atoms with van der Waals surface area (Å²) >= 11 is 11.8. The third kappa shape index (κ3) is 1.74. The molecule has 0 amide bonds. The van der Waals surface area contributed by atoms with Crippen LogP contribution in [0.2, 0.25) is 10.0 Å². The highest BCUT2D eigenvalue weighted by Gasteiger charge is 2.12. The molecule has 0 radical (unpaired) electrons. The van der Waals surface area contributed by atoms with Gasteiger partial charge >= 0.3 is 0 Å². The minimum Gasteiger partial charge on any atom is -0.389 e. The number of aliphatic hydroxyl groups excluding tert-OH is 1. The second-order valence-electron chi connectivity index (χ2n) is 2.77. The summed E-state index contributed by atoms with van der Waals surface area (Å²) in [6.45, 7) is 3.52. The maximum absolute atomic E-state index is 9.34. The molecule has 0 aromatic heterocycles. The normalized spacial score (nSPS) is 13.1. The van der Waals surface area contributed by atoms with Gasteiger partial charge in [0.05, 0.1) is 11.1 Å². The Morgan fingerprint density at radius 3 is 2.33 bits per heavy atom. The SMILES string of the molecule is Cc1ccc(Cl)c(C(C)O)c1Cl. The van der Waals surface area contributed by atoms with Gasteiger partial charge in [0.1, 0.15) is 0 Å². The van der Waals surface area contributed by atoms with Crippen molar-refractivity contribution in [2.45, 2.75) is 20.0 Å². The third-order valence-corrected chi connectivity index (χ3v) is 2.57. The van der Waals surface area contributed by atoms with E-state index >= 15 is 0 Å². The Morgan fingerprint density at radius 1 is 1.33 bits per heavy atom. The fraction of sp³-hybridized carbons (Fsp3) is 0.333. The molecule has 1 aromatic carbocycles. The summed E-state index contributed by atoms with van der Waals surface area (Å²) in [5, 5.41) is 10.4. The van der Waals surface area contributed by atoms with Crippen LogP contribution in [-0.4, -0.2) is 5.11 Å². The fourth-order valence-electron chi connectivity index (χ4n) is 1.06. The van der Waals surface area contributed by atoms with Crippen LogP contribution in [0.25, 0.3) is 0 Å². The molecular weight excluding hydrogens is 195 g/mol. The molecule has 0 aliphatic carbocycles. The van der Waals surface area contributed by atoms with E-state index in [2.05, 4.69) is 0 Å². The van der Waals surface area contributed by atoms with Crippen molar-refractivity contribution < 1.29 is 5.11 Å². The first-order chi connectivity index (χ1) is 5.54. The van der Waals surface area contributed by atoms with E-state index in [-0.39, 0.29) is 0 Å². The maximum atomic E-state index is 9.34. The zero-order valence-electron chi connectivity index (χ0n) is 6.94. The Balaban J connectivity index is 3.33. The topological polar surface area (TPSA) is 20.2 Å². The molecule has 0 saturated carbocycles. The summed E-state index contributed by atoms with van der Waals surface area (Å²) in [6, 6.07) is 3.57. The Bertz CT molecular complexity index is 295. The van der Waals surface area contributed by atoms with Crippen LogP contribution in [-0.2, 0) is 0 Å². The molecule has 0 spiro atoms. The lowest BCUT2D eigenvalue weighted by Gasteiger charge is -2.11. The van der Waals surface area contributed by atoms with Crippen LogP contribution in [0.15, 0.2) is 12.1 Å². The highest BCUT2D eigenvalue weighted by Crippen LogP contribution is 2.32. The molecule has 3 heteroatoms. The molecule has 66 valence electrons. The Morgan fingerprint density at radius 2 is 1.92 bits per heavy atom. The Hall–Kier alpha value is -0.240. The van der Waals surface area contributed by atoms with Gasteiger partial charge in [0.15, 0.2) is 0 Å². The highest BCUT2D eigenvalue weighted by atomic mass is 35.5. The van der Waals surface area contributed by atoms with Crippen LogP contribution in [0, 0.1) is 6.92 Å². The standard InChI is InChI=1S/C9H10Cl2O/c1-5-3-4-7(10)8(6(2)12)9(5)11/h3-4,6,12H,1-2H3. The van der Waals surface area contributed by atoms with Gasteiger partial charge in [0.25, 0.3) is 0 Å².